The molecule has 0 aliphatic carbocycles. The van der Waals surface area contributed by atoms with Crippen molar-refractivity contribution in [3.63, 3.8) is 0 Å². The molecule has 5 heteroatoms. The van der Waals surface area contributed by atoms with Crippen molar-refractivity contribution in [2.75, 3.05) is 19.7 Å². The summed E-state index contributed by atoms with van der Waals surface area (Å²) in [5.74, 6) is 0.157. The van der Waals surface area contributed by atoms with E-state index >= 15 is 0 Å². The van der Waals surface area contributed by atoms with E-state index in [9.17, 15) is 14.7 Å². The van der Waals surface area contributed by atoms with Gasteiger partial charge >= 0.3 is 0 Å². The van der Waals surface area contributed by atoms with Crippen LogP contribution in [0.5, 0.6) is 0 Å². The van der Waals surface area contributed by atoms with Gasteiger partial charge < -0.3 is 14.9 Å². The lowest BCUT2D eigenvalue weighted by Gasteiger charge is -2.36. The van der Waals surface area contributed by atoms with Crippen LogP contribution in [0.2, 0.25) is 0 Å². The van der Waals surface area contributed by atoms with Gasteiger partial charge in [0.1, 0.15) is 0 Å². The van der Waals surface area contributed by atoms with Crippen molar-refractivity contribution in [3.05, 3.63) is 41.6 Å². The van der Waals surface area contributed by atoms with E-state index in [1.165, 1.54) is 6.92 Å². The third kappa shape index (κ3) is 3.36. The summed E-state index contributed by atoms with van der Waals surface area (Å²) in [6, 6.07) is 7.63. The Balaban J connectivity index is 1.79. The molecule has 1 N–H and O–H groups in total. The smallest absolute Gasteiger partial charge is 0.225 e. The zero-order valence-corrected chi connectivity index (χ0v) is 14.0. The van der Waals surface area contributed by atoms with Gasteiger partial charge in [-0.25, -0.2) is 0 Å². The number of aliphatic hydroxyl groups excluding tert-OH is 1. The molecule has 1 aromatic carbocycles. The molecule has 2 unspecified atom stereocenters. The van der Waals surface area contributed by atoms with Crippen LogP contribution in [0.4, 0.5) is 0 Å². The number of carbonyl (C=O) groups is 2. The lowest BCUT2D eigenvalue weighted by Crippen LogP contribution is -2.43. The molecule has 2 aliphatic heterocycles. The first-order valence-corrected chi connectivity index (χ1v) is 8.55. The molecule has 2 amide bonds. The SMILES string of the molecule is CC(=O)N1C=Cc2ccccc2C1CC(=O)N1CCCC(CO)C1. The maximum absolute atomic E-state index is 12.8. The molecule has 24 heavy (non-hydrogen) atoms. The van der Waals surface area contributed by atoms with Crippen LogP contribution in [0.15, 0.2) is 30.5 Å². The highest BCUT2D eigenvalue weighted by atomic mass is 16.3. The Morgan fingerprint density at radius 3 is 2.83 bits per heavy atom. The number of likely N-dealkylation sites (tertiary alicyclic amines) is 1. The Bertz CT molecular complexity index is 656. The minimum absolute atomic E-state index is 0.0505. The number of hydrogen-bond donors (Lipinski definition) is 1. The normalized spacial score (nSPS) is 23.1. The van der Waals surface area contributed by atoms with Crippen LogP contribution in [0, 0.1) is 5.92 Å². The molecular weight excluding hydrogens is 304 g/mol. The van der Waals surface area contributed by atoms with Gasteiger partial charge in [0, 0.05) is 32.8 Å². The molecule has 2 aliphatic rings. The molecule has 128 valence electrons. The van der Waals surface area contributed by atoms with E-state index < -0.39 is 0 Å². The second-order valence-corrected chi connectivity index (χ2v) is 6.62. The van der Waals surface area contributed by atoms with Crippen molar-refractivity contribution in [3.8, 4) is 0 Å². The first-order chi connectivity index (χ1) is 11.6. The van der Waals surface area contributed by atoms with Crippen molar-refractivity contribution in [2.45, 2.75) is 32.2 Å². The van der Waals surface area contributed by atoms with E-state index in [0.717, 1.165) is 30.5 Å². The number of piperidine rings is 1. The Labute approximate surface area is 142 Å². The Morgan fingerprint density at radius 2 is 2.08 bits per heavy atom. The molecule has 1 aromatic rings. The molecule has 0 spiro atoms. The first kappa shape index (κ1) is 16.7. The highest BCUT2D eigenvalue weighted by Gasteiger charge is 2.31. The number of nitrogens with zero attached hydrogens (tertiary/aromatic N) is 2. The van der Waals surface area contributed by atoms with Gasteiger partial charge in [0.05, 0.1) is 12.5 Å². The van der Waals surface area contributed by atoms with E-state index in [1.54, 1.807) is 11.1 Å². The van der Waals surface area contributed by atoms with Gasteiger partial charge in [-0.15, -0.1) is 0 Å². The largest absolute Gasteiger partial charge is 0.396 e. The maximum Gasteiger partial charge on any atom is 0.225 e. The third-order valence-corrected chi connectivity index (χ3v) is 4.97. The predicted octanol–water partition coefficient (Wildman–Crippen LogP) is 2.18. The number of aliphatic hydroxyl groups is 1. The fourth-order valence-electron chi connectivity index (χ4n) is 3.65. The number of amides is 2. The van der Waals surface area contributed by atoms with Crippen LogP contribution >= 0.6 is 0 Å². The van der Waals surface area contributed by atoms with E-state index in [-0.39, 0.29) is 36.8 Å². The Hall–Kier alpha value is -2.14. The molecular formula is C19H24N2O3. The van der Waals surface area contributed by atoms with E-state index in [0.29, 0.717) is 6.54 Å². The van der Waals surface area contributed by atoms with Crippen molar-refractivity contribution in [1.29, 1.82) is 0 Å². The summed E-state index contributed by atoms with van der Waals surface area (Å²) in [6.45, 7) is 3.00. The van der Waals surface area contributed by atoms with Gasteiger partial charge in [-0.1, -0.05) is 24.3 Å². The van der Waals surface area contributed by atoms with Gasteiger partial charge in [0.15, 0.2) is 0 Å². The van der Waals surface area contributed by atoms with Gasteiger partial charge in [-0.2, -0.15) is 0 Å². The topological polar surface area (TPSA) is 60.9 Å². The third-order valence-electron chi connectivity index (χ3n) is 4.97. The number of rotatable bonds is 3. The zero-order valence-electron chi connectivity index (χ0n) is 14.0. The van der Waals surface area contributed by atoms with Crippen molar-refractivity contribution < 1.29 is 14.7 Å². The number of hydrogen-bond acceptors (Lipinski definition) is 3. The fourth-order valence-corrected chi connectivity index (χ4v) is 3.65. The van der Waals surface area contributed by atoms with Crippen LogP contribution in [0.3, 0.4) is 0 Å². The van der Waals surface area contributed by atoms with Crippen LogP contribution in [0.1, 0.15) is 43.4 Å². The monoisotopic (exact) mass is 328 g/mol. The van der Waals surface area contributed by atoms with Gasteiger partial charge in [0.2, 0.25) is 11.8 Å². The number of carbonyl (C=O) groups excluding carboxylic acids is 2. The maximum atomic E-state index is 12.8. The van der Waals surface area contributed by atoms with Gasteiger partial charge in [-0.3, -0.25) is 9.59 Å². The molecule has 2 heterocycles. The highest BCUT2D eigenvalue weighted by Crippen LogP contribution is 2.33. The Kier molecular flexibility index (Phi) is 5.00. The predicted molar refractivity (Wildman–Crippen MR) is 91.7 cm³/mol. The quantitative estimate of drug-likeness (QED) is 0.925. The summed E-state index contributed by atoms with van der Waals surface area (Å²) < 4.78 is 0. The number of fused-ring (bicyclic) bond motifs is 1. The van der Waals surface area contributed by atoms with Crippen molar-refractivity contribution >= 4 is 17.9 Å². The fraction of sp³-hybridized carbons (Fsp3) is 0.474. The molecule has 2 atom stereocenters. The molecule has 5 nitrogen and oxygen atoms in total. The average molecular weight is 328 g/mol. The van der Waals surface area contributed by atoms with Crippen LogP contribution in [0.25, 0.3) is 6.08 Å². The summed E-state index contributed by atoms with van der Waals surface area (Å²) in [5, 5.41) is 9.36. The van der Waals surface area contributed by atoms with Gasteiger partial charge in [0.25, 0.3) is 0 Å². The molecule has 0 bridgehead atoms. The van der Waals surface area contributed by atoms with Gasteiger partial charge in [-0.05, 0) is 36.0 Å². The summed E-state index contributed by atoms with van der Waals surface area (Å²) >= 11 is 0. The summed E-state index contributed by atoms with van der Waals surface area (Å²) in [5.41, 5.74) is 2.07. The minimum Gasteiger partial charge on any atom is -0.396 e. The zero-order chi connectivity index (χ0) is 17.1. The minimum atomic E-state index is -0.259. The standard InChI is InChI=1S/C19H24N2O3/c1-14(23)21-10-8-16-6-2-3-7-17(16)18(21)11-19(24)20-9-4-5-15(12-20)13-22/h2-3,6-8,10,15,18,22H,4-5,9,11-13H2,1H3. The summed E-state index contributed by atoms with van der Waals surface area (Å²) in [7, 11) is 0. The Morgan fingerprint density at radius 1 is 1.29 bits per heavy atom. The van der Waals surface area contributed by atoms with Crippen LogP contribution in [-0.4, -0.2) is 46.4 Å². The van der Waals surface area contributed by atoms with Crippen LogP contribution in [-0.2, 0) is 9.59 Å². The lowest BCUT2D eigenvalue weighted by molar-refractivity contribution is -0.136. The van der Waals surface area contributed by atoms with E-state index in [4.69, 9.17) is 0 Å². The molecule has 1 saturated heterocycles. The summed E-state index contributed by atoms with van der Waals surface area (Å²) in [4.78, 5) is 28.3. The molecule has 1 fully saturated rings. The second kappa shape index (κ2) is 7.18. The molecule has 0 aromatic heterocycles. The van der Waals surface area contributed by atoms with E-state index in [1.807, 2.05) is 35.2 Å². The van der Waals surface area contributed by atoms with Crippen molar-refractivity contribution in [1.82, 2.24) is 9.80 Å². The van der Waals surface area contributed by atoms with Crippen molar-refractivity contribution in [2.24, 2.45) is 5.92 Å². The molecule has 3 rings (SSSR count). The molecule has 0 radical (unpaired) electrons. The second-order valence-electron chi connectivity index (χ2n) is 6.62. The average Bonchev–Trinajstić information content (AvgIpc) is 2.61. The van der Waals surface area contributed by atoms with E-state index in [2.05, 4.69) is 0 Å². The number of benzene rings is 1. The highest BCUT2D eigenvalue weighted by molar-refractivity contribution is 5.82. The summed E-state index contributed by atoms with van der Waals surface area (Å²) in [6.07, 6.45) is 5.86. The first-order valence-electron chi connectivity index (χ1n) is 8.55. The lowest BCUT2D eigenvalue weighted by atomic mass is 9.92. The van der Waals surface area contributed by atoms with Crippen LogP contribution < -0.4 is 0 Å². The molecule has 0 saturated carbocycles.